The first-order valence-corrected chi connectivity index (χ1v) is 4.23. The number of carbonyl (C=O) groups is 1. The van der Waals surface area contributed by atoms with E-state index in [1.165, 1.54) is 0 Å². The average molecular weight is 210 g/mol. The van der Waals surface area contributed by atoms with Crippen molar-refractivity contribution in [2.24, 2.45) is 0 Å². The van der Waals surface area contributed by atoms with Crippen LogP contribution in [0.15, 0.2) is 0 Å². The van der Waals surface area contributed by atoms with E-state index in [1.807, 2.05) is 0 Å². The molecule has 0 spiro atoms. The van der Waals surface area contributed by atoms with Crippen LogP contribution in [-0.4, -0.2) is 29.4 Å². The quantitative estimate of drug-likeness (QED) is 0.474. The van der Waals surface area contributed by atoms with Crippen LogP contribution in [0, 0.1) is 6.92 Å². The molecule has 1 amide bonds. The molecule has 0 heterocycles. The van der Waals surface area contributed by atoms with Crippen LogP contribution in [-0.2, 0) is 4.74 Å². The zero-order valence-corrected chi connectivity index (χ0v) is 11.4. The van der Waals surface area contributed by atoms with Crippen molar-refractivity contribution in [3.8, 4) is 0 Å². The maximum absolute atomic E-state index is 11.1. The molecule has 1 unspecified atom stereocenters. The van der Waals surface area contributed by atoms with Gasteiger partial charge in [-0.05, 0) is 20.8 Å². The van der Waals surface area contributed by atoms with E-state index in [2.05, 4.69) is 12.2 Å². The molecule has 0 aromatic carbocycles. The van der Waals surface area contributed by atoms with E-state index in [0.29, 0.717) is 6.42 Å². The minimum Gasteiger partial charge on any atom is -0.615 e. The predicted molar refractivity (Wildman–Crippen MR) is 50.4 cm³/mol. The molecular weight excluding hydrogens is 193 g/mol. The van der Waals surface area contributed by atoms with Gasteiger partial charge in [0.2, 0.25) is 6.09 Å². The molecule has 0 fully saturated rings. The van der Waals surface area contributed by atoms with Gasteiger partial charge in [-0.1, -0.05) is 0 Å². The Hall–Kier alpha value is 0.230. The van der Waals surface area contributed by atoms with Crippen molar-refractivity contribution >= 4 is 6.09 Å². The molecule has 0 bridgehead atoms. The van der Waals surface area contributed by atoms with E-state index in [0.717, 1.165) is 0 Å². The summed E-state index contributed by atoms with van der Waals surface area (Å²) in [6, 6.07) is -0.449. The van der Waals surface area contributed by atoms with Gasteiger partial charge in [0.1, 0.15) is 5.60 Å². The van der Waals surface area contributed by atoms with E-state index in [9.17, 15) is 4.79 Å². The number of rotatable bonds is 3. The Labute approximate surface area is 108 Å². The number of amides is 1. The van der Waals surface area contributed by atoms with Crippen LogP contribution in [0.25, 0.3) is 5.32 Å². The number of hydrogen-bond acceptors (Lipinski definition) is 3. The summed E-state index contributed by atoms with van der Waals surface area (Å²) in [5, 5.41) is 12.4. The number of aliphatic hydroxyl groups is 1. The van der Waals surface area contributed by atoms with Crippen molar-refractivity contribution in [1.29, 1.82) is 0 Å². The van der Waals surface area contributed by atoms with Crippen LogP contribution in [0.1, 0.15) is 27.2 Å². The van der Waals surface area contributed by atoms with Crippen molar-refractivity contribution in [1.82, 2.24) is 0 Å². The summed E-state index contributed by atoms with van der Waals surface area (Å²) in [4.78, 5) is 11.1. The van der Waals surface area contributed by atoms with Crippen LogP contribution in [0.4, 0.5) is 4.79 Å². The van der Waals surface area contributed by atoms with Gasteiger partial charge in [0.25, 0.3) is 0 Å². The smallest absolute Gasteiger partial charge is 0.615 e. The van der Waals surface area contributed by atoms with Crippen molar-refractivity contribution in [2.75, 3.05) is 6.61 Å². The number of aliphatic hydroxyl groups excluding tert-OH is 1. The third kappa shape index (κ3) is 8.81. The standard InChI is InChI=1S/C9H18NO3.Na/c1-5-7(6-11)10-8(12)13-9(2,3)4;/h7,11H,1,5-6H2,2-4H3,(H,10,12);/q-1;+1/p-1. The maximum Gasteiger partial charge on any atom is 1.00 e. The zero-order chi connectivity index (χ0) is 10.5. The number of hydrogen-bond donors (Lipinski definition) is 1. The predicted octanol–water partition coefficient (Wildman–Crippen LogP) is -1.12. The molecule has 0 aromatic rings. The van der Waals surface area contributed by atoms with Gasteiger partial charge >= 0.3 is 29.6 Å². The second kappa shape index (κ2) is 7.51. The molecule has 14 heavy (non-hydrogen) atoms. The minimum absolute atomic E-state index is 0. The SMILES string of the molecule is [CH2-]CC(CO)[N-]C(=O)OC(C)(C)C.[Na+]. The molecule has 1 atom stereocenters. The van der Waals surface area contributed by atoms with Crippen LogP contribution in [0.5, 0.6) is 0 Å². The fraction of sp³-hybridized carbons (Fsp3) is 0.778. The molecular formula is C9H17NNaO3-. The van der Waals surface area contributed by atoms with E-state index in [4.69, 9.17) is 9.84 Å². The summed E-state index contributed by atoms with van der Waals surface area (Å²) >= 11 is 0. The Morgan fingerprint density at radius 2 is 2.07 bits per heavy atom. The molecule has 0 aromatic heterocycles. The summed E-state index contributed by atoms with van der Waals surface area (Å²) in [5.41, 5.74) is -0.540. The van der Waals surface area contributed by atoms with Gasteiger partial charge in [-0.3, -0.25) is 4.79 Å². The monoisotopic (exact) mass is 210 g/mol. The molecule has 0 saturated carbocycles. The molecule has 4 nitrogen and oxygen atoms in total. The largest absolute Gasteiger partial charge is 1.00 e. The zero-order valence-electron chi connectivity index (χ0n) is 9.41. The molecule has 0 aliphatic rings. The van der Waals surface area contributed by atoms with Gasteiger partial charge in [0, 0.05) is 6.61 Å². The molecule has 0 rings (SSSR count). The Bertz CT molecular complexity index is 164. The number of nitrogens with zero attached hydrogens (tertiary/aromatic N) is 1. The first-order chi connectivity index (χ1) is 5.89. The Morgan fingerprint density at radius 3 is 2.36 bits per heavy atom. The Balaban J connectivity index is 0. The Kier molecular flexibility index (Phi) is 8.94. The first kappa shape index (κ1) is 16.7. The van der Waals surface area contributed by atoms with Crippen LogP contribution in [0.2, 0.25) is 0 Å². The van der Waals surface area contributed by atoms with Gasteiger partial charge in [0.15, 0.2) is 0 Å². The van der Waals surface area contributed by atoms with Gasteiger partial charge in [-0.2, -0.15) is 6.42 Å². The maximum atomic E-state index is 11.1. The minimum atomic E-state index is -0.643. The molecule has 0 aliphatic carbocycles. The van der Waals surface area contributed by atoms with E-state index >= 15 is 0 Å². The summed E-state index contributed by atoms with van der Waals surface area (Å²) in [6.07, 6.45) is -0.259. The van der Waals surface area contributed by atoms with Crippen LogP contribution < -0.4 is 29.6 Å². The Morgan fingerprint density at radius 1 is 1.57 bits per heavy atom. The second-order valence-electron chi connectivity index (χ2n) is 3.73. The topological polar surface area (TPSA) is 60.6 Å². The van der Waals surface area contributed by atoms with Crippen molar-refractivity contribution in [3.05, 3.63) is 12.2 Å². The van der Waals surface area contributed by atoms with Crippen molar-refractivity contribution < 1.29 is 44.2 Å². The summed E-state index contributed by atoms with van der Waals surface area (Å²) in [7, 11) is 0. The van der Waals surface area contributed by atoms with Crippen LogP contribution in [0.3, 0.4) is 0 Å². The fourth-order valence-electron chi connectivity index (χ4n) is 0.634. The average Bonchev–Trinajstić information content (AvgIpc) is 1.96. The van der Waals surface area contributed by atoms with Crippen molar-refractivity contribution in [2.45, 2.75) is 38.8 Å². The summed E-state index contributed by atoms with van der Waals surface area (Å²) in [6.45, 7) is 8.65. The van der Waals surface area contributed by atoms with Gasteiger partial charge in [0.05, 0.1) is 0 Å². The molecule has 1 N–H and O–H groups in total. The summed E-state index contributed by atoms with van der Waals surface area (Å²) < 4.78 is 4.93. The van der Waals surface area contributed by atoms with Gasteiger partial charge in [-0.25, -0.2) is 0 Å². The number of ether oxygens (including phenoxy) is 1. The first-order valence-electron chi connectivity index (χ1n) is 4.23. The number of carbonyl (C=O) groups excluding carboxylic acids is 1. The molecule has 78 valence electrons. The molecule has 0 radical (unpaired) electrons. The molecule has 0 saturated heterocycles. The van der Waals surface area contributed by atoms with Crippen LogP contribution >= 0.6 is 0 Å². The van der Waals surface area contributed by atoms with Crippen molar-refractivity contribution in [3.63, 3.8) is 0 Å². The fourth-order valence-corrected chi connectivity index (χ4v) is 0.634. The van der Waals surface area contributed by atoms with E-state index in [-0.39, 0.29) is 36.2 Å². The third-order valence-electron chi connectivity index (χ3n) is 1.23. The third-order valence-corrected chi connectivity index (χ3v) is 1.23. The molecule has 5 heteroatoms. The summed E-state index contributed by atoms with van der Waals surface area (Å²) in [5.74, 6) is 0. The van der Waals surface area contributed by atoms with Gasteiger partial charge in [-0.15, -0.1) is 6.04 Å². The van der Waals surface area contributed by atoms with E-state index < -0.39 is 17.7 Å². The second-order valence-corrected chi connectivity index (χ2v) is 3.73. The molecule has 0 aliphatic heterocycles. The van der Waals surface area contributed by atoms with E-state index in [1.54, 1.807) is 20.8 Å². The normalized spacial score (nSPS) is 12.6. The van der Waals surface area contributed by atoms with Gasteiger partial charge < -0.3 is 22.1 Å².